The molecule has 4 aromatic rings. The lowest BCUT2D eigenvalue weighted by molar-refractivity contribution is 0.170. The molecule has 0 saturated heterocycles. The van der Waals surface area contributed by atoms with Crippen molar-refractivity contribution in [3.8, 4) is 0 Å². The fraction of sp³-hybridized carbons (Fsp3) is 0.435. The van der Waals surface area contributed by atoms with Gasteiger partial charge in [0.2, 0.25) is 5.78 Å². The number of fused-ring (bicyclic) bond motifs is 3. The zero-order chi connectivity index (χ0) is 20.8. The van der Waals surface area contributed by atoms with Gasteiger partial charge in [0.15, 0.2) is 5.82 Å². The van der Waals surface area contributed by atoms with Gasteiger partial charge in [-0.25, -0.2) is 0 Å². The number of benzene rings is 1. The summed E-state index contributed by atoms with van der Waals surface area (Å²) in [4.78, 5) is 15.1. The summed E-state index contributed by atoms with van der Waals surface area (Å²) >= 11 is 1.48. The van der Waals surface area contributed by atoms with Crippen LogP contribution in [-0.4, -0.2) is 36.7 Å². The Balaban J connectivity index is 1.50. The second-order valence-corrected chi connectivity index (χ2v) is 9.32. The molecule has 1 atom stereocenters. The fourth-order valence-electron chi connectivity index (χ4n) is 4.44. The van der Waals surface area contributed by atoms with Crippen molar-refractivity contribution in [1.29, 1.82) is 0 Å². The molecule has 3 heterocycles. The van der Waals surface area contributed by atoms with Crippen molar-refractivity contribution in [2.45, 2.75) is 45.7 Å². The van der Waals surface area contributed by atoms with E-state index in [2.05, 4.69) is 57.6 Å². The molecule has 1 aromatic carbocycles. The Bertz CT molecular complexity index is 1250. The third-order valence-electron chi connectivity index (χ3n) is 6.35. The molecular formula is C23H27N5OS. The number of likely N-dealkylation sites (N-methyl/N-ethyl adjacent to an activating group) is 1. The Kier molecular flexibility index (Phi) is 4.95. The van der Waals surface area contributed by atoms with Crippen LogP contribution in [0.2, 0.25) is 0 Å². The number of hydrogen-bond donors (Lipinski definition) is 0. The molecule has 5 rings (SSSR count). The summed E-state index contributed by atoms with van der Waals surface area (Å²) in [5.41, 5.74) is 3.60. The molecular weight excluding hydrogens is 394 g/mol. The van der Waals surface area contributed by atoms with Gasteiger partial charge in [-0.3, -0.25) is 18.7 Å². The van der Waals surface area contributed by atoms with Crippen LogP contribution in [0.5, 0.6) is 0 Å². The van der Waals surface area contributed by atoms with Crippen molar-refractivity contribution in [3.05, 3.63) is 63.0 Å². The van der Waals surface area contributed by atoms with E-state index in [1.54, 1.807) is 11.6 Å². The summed E-state index contributed by atoms with van der Waals surface area (Å²) in [6.45, 7) is 6.05. The Hall–Kier alpha value is -2.51. The van der Waals surface area contributed by atoms with Crippen molar-refractivity contribution < 1.29 is 0 Å². The highest BCUT2D eigenvalue weighted by Crippen LogP contribution is 2.37. The maximum atomic E-state index is 12.6. The first-order chi connectivity index (χ1) is 14.6. The molecule has 1 aliphatic carbocycles. The molecule has 0 spiro atoms. The molecule has 0 bridgehead atoms. The fourth-order valence-corrected chi connectivity index (χ4v) is 5.29. The van der Waals surface area contributed by atoms with E-state index in [1.807, 2.05) is 11.4 Å². The highest BCUT2D eigenvalue weighted by molar-refractivity contribution is 7.17. The molecule has 1 fully saturated rings. The van der Waals surface area contributed by atoms with Crippen molar-refractivity contribution >= 4 is 27.3 Å². The monoisotopic (exact) mass is 421 g/mol. The minimum absolute atomic E-state index is 0.00553. The van der Waals surface area contributed by atoms with Crippen LogP contribution in [0.25, 0.3) is 16.0 Å². The Morgan fingerprint density at radius 3 is 2.67 bits per heavy atom. The van der Waals surface area contributed by atoms with E-state index in [-0.39, 0.29) is 5.56 Å². The zero-order valence-corrected chi connectivity index (χ0v) is 18.5. The number of thiophene rings is 1. The highest BCUT2D eigenvalue weighted by Gasteiger charge is 2.35. The summed E-state index contributed by atoms with van der Waals surface area (Å²) in [6, 6.07) is 11.4. The molecule has 0 aliphatic heterocycles. The average Bonchev–Trinajstić information content (AvgIpc) is 3.32. The van der Waals surface area contributed by atoms with Gasteiger partial charge in [0.25, 0.3) is 5.56 Å². The largest absolute Gasteiger partial charge is 0.293 e. The first kappa shape index (κ1) is 19.5. The van der Waals surface area contributed by atoms with Crippen molar-refractivity contribution in [2.75, 3.05) is 6.54 Å². The molecule has 1 unspecified atom stereocenters. The van der Waals surface area contributed by atoms with Gasteiger partial charge in [-0.15, -0.1) is 21.5 Å². The van der Waals surface area contributed by atoms with Gasteiger partial charge in [0.05, 0.1) is 12.1 Å². The number of nitrogens with zero attached hydrogens (tertiary/aromatic N) is 5. The van der Waals surface area contributed by atoms with E-state index < -0.39 is 0 Å². The average molecular weight is 422 g/mol. The number of aromatic nitrogens is 4. The van der Waals surface area contributed by atoms with Crippen molar-refractivity contribution in [1.82, 2.24) is 24.1 Å². The first-order valence-corrected chi connectivity index (χ1v) is 11.5. The molecule has 0 radical (unpaired) electrons. The van der Waals surface area contributed by atoms with Crippen molar-refractivity contribution in [2.24, 2.45) is 13.0 Å². The van der Waals surface area contributed by atoms with E-state index >= 15 is 0 Å². The van der Waals surface area contributed by atoms with Crippen LogP contribution in [0.3, 0.4) is 0 Å². The summed E-state index contributed by atoms with van der Waals surface area (Å²) in [5, 5.41) is 10.8. The van der Waals surface area contributed by atoms with Gasteiger partial charge >= 0.3 is 0 Å². The van der Waals surface area contributed by atoms with Gasteiger partial charge in [0.1, 0.15) is 4.70 Å². The van der Waals surface area contributed by atoms with E-state index in [0.717, 1.165) is 41.5 Å². The lowest BCUT2D eigenvalue weighted by Crippen LogP contribution is -2.38. The van der Waals surface area contributed by atoms with Crippen LogP contribution in [0.4, 0.5) is 0 Å². The lowest BCUT2D eigenvalue weighted by Gasteiger charge is -2.30. The smallest absolute Gasteiger partial charge is 0.272 e. The highest BCUT2D eigenvalue weighted by atomic mass is 32.1. The molecule has 6 nitrogen and oxygen atoms in total. The third kappa shape index (κ3) is 3.36. The molecule has 1 saturated carbocycles. The Morgan fingerprint density at radius 1 is 1.20 bits per heavy atom. The summed E-state index contributed by atoms with van der Waals surface area (Å²) in [6.07, 6.45) is 3.66. The summed E-state index contributed by atoms with van der Waals surface area (Å²) in [5.74, 6) is 2.26. The van der Waals surface area contributed by atoms with Crippen molar-refractivity contribution in [3.63, 3.8) is 0 Å². The maximum absolute atomic E-state index is 12.6. The van der Waals surface area contributed by atoms with Crippen LogP contribution in [0.15, 0.2) is 40.5 Å². The molecule has 0 N–H and O–H groups in total. The topological polar surface area (TPSA) is 55.4 Å². The number of hydrogen-bond acceptors (Lipinski definition) is 5. The van der Waals surface area contributed by atoms with E-state index in [4.69, 9.17) is 0 Å². The lowest BCUT2D eigenvalue weighted by atomic mass is 9.99. The van der Waals surface area contributed by atoms with Crippen LogP contribution >= 0.6 is 11.3 Å². The molecule has 7 heteroatoms. The predicted octanol–water partition coefficient (Wildman–Crippen LogP) is 3.79. The molecule has 1 aliphatic rings. The number of aryl methyl sites for hydroxylation is 2. The van der Waals surface area contributed by atoms with Gasteiger partial charge in [-0.1, -0.05) is 36.8 Å². The van der Waals surface area contributed by atoms with Crippen LogP contribution < -0.4 is 5.56 Å². The Labute approximate surface area is 179 Å². The quantitative estimate of drug-likeness (QED) is 0.456. The van der Waals surface area contributed by atoms with E-state index in [1.165, 1.54) is 35.3 Å². The SMILES string of the molecule is CCN(Cc1nnc2n(C)c(=O)c3sccc3n12)C(Cc1ccc(C)cc1)C1CC1. The third-order valence-corrected chi connectivity index (χ3v) is 7.24. The molecule has 30 heavy (non-hydrogen) atoms. The predicted molar refractivity (Wildman–Crippen MR) is 121 cm³/mol. The molecule has 156 valence electrons. The minimum Gasteiger partial charge on any atom is -0.293 e. The number of rotatable bonds is 7. The minimum atomic E-state index is -0.00553. The van der Waals surface area contributed by atoms with Crippen LogP contribution in [0.1, 0.15) is 36.7 Å². The van der Waals surface area contributed by atoms with Gasteiger partial charge < -0.3 is 0 Å². The standard InChI is InChI=1S/C23H27N5OS/c1-4-27(19(17-9-10-17)13-16-7-5-15(2)6-8-16)14-20-24-25-23-26(3)22(29)21-18(28(20)23)11-12-30-21/h5-8,11-12,17,19H,4,9-10,13-14H2,1-3H3. The zero-order valence-electron chi connectivity index (χ0n) is 17.7. The van der Waals surface area contributed by atoms with Gasteiger partial charge in [-0.05, 0) is 55.7 Å². The van der Waals surface area contributed by atoms with Crippen LogP contribution in [0, 0.1) is 12.8 Å². The summed E-state index contributed by atoms with van der Waals surface area (Å²) in [7, 11) is 1.78. The molecule has 0 amide bonds. The summed E-state index contributed by atoms with van der Waals surface area (Å²) < 4.78 is 4.43. The van der Waals surface area contributed by atoms with Gasteiger partial charge in [-0.2, -0.15) is 0 Å². The van der Waals surface area contributed by atoms with Gasteiger partial charge in [0, 0.05) is 13.1 Å². The second kappa shape index (κ2) is 7.63. The van der Waals surface area contributed by atoms with E-state index in [0.29, 0.717) is 11.8 Å². The maximum Gasteiger partial charge on any atom is 0.272 e. The molecule has 3 aromatic heterocycles. The second-order valence-electron chi connectivity index (χ2n) is 8.41. The van der Waals surface area contributed by atoms with E-state index in [9.17, 15) is 4.79 Å². The first-order valence-electron chi connectivity index (χ1n) is 10.7. The normalized spacial score (nSPS) is 15.5. The Morgan fingerprint density at radius 2 is 1.97 bits per heavy atom. The van der Waals surface area contributed by atoms with Crippen LogP contribution in [-0.2, 0) is 20.0 Å².